The van der Waals surface area contributed by atoms with Crippen molar-refractivity contribution in [2.45, 2.75) is 17.7 Å². The number of amides is 2. The van der Waals surface area contributed by atoms with Gasteiger partial charge in [0, 0.05) is 35.4 Å². The van der Waals surface area contributed by atoms with Crippen LogP contribution in [0.15, 0.2) is 65.7 Å². The lowest BCUT2D eigenvalue weighted by Gasteiger charge is -2.15. The lowest BCUT2D eigenvalue weighted by atomic mass is 10.1. The monoisotopic (exact) mass is 406 g/mol. The zero-order valence-electron chi connectivity index (χ0n) is 15.9. The molecule has 1 fully saturated rings. The molecule has 2 heterocycles. The average Bonchev–Trinajstić information content (AvgIpc) is 3.47. The molecule has 0 radical (unpaired) electrons. The number of hydrogen-bond donors (Lipinski definition) is 2. The van der Waals surface area contributed by atoms with Gasteiger partial charge >= 0.3 is 0 Å². The fourth-order valence-corrected chi connectivity index (χ4v) is 4.31. The van der Waals surface area contributed by atoms with Gasteiger partial charge in [0.25, 0.3) is 5.91 Å². The van der Waals surface area contributed by atoms with Crippen LogP contribution in [0.1, 0.15) is 23.2 Å². The Kier molecular flexibility index (Phi) is 5.95. The fraction of sp³-hybridized carbons (Fsp3) is 0.227. The molecule has 148 valence electrons. The first kappa shape index (κ1) is 19.3. The van der Waals surface area contributed by atoms with E-state index in [1.54, 1.807) is 12.3 Å². The van der Waals surface area contributed by atoms with Gasteiger partial charge in [-0.3, -0.25) is 14.7 Å². The van der Waals surface area contributed by atoms with Crippen molar-refractivity contribution in [3.63, 3.8) is 0 Å². The van der Waals surface area contributed by atoms with Gasteiger partial charge in [-0.25, -0.2) is 0 Å². The maximum Gasteiger partial charge on any atom is 0.256 e. The molecule has 1 aromatic heterocycles. The second-order valence-corrected chi connectivity index (χ2v) is 7.90. The molecule has 2 aromatic carbocycles. The van der Waals surface area contributed by atoms with E-state index in [0.29, 0.717) is 17.0 Å². The molecule has 1 aliphatic rings. The second kappa shape index (κ2) is 8.96. The van der Waals surface area contributed by atoms with E-state index >= 15 is 0 Å². The summed E-state index contributed by atoms with van der Waals surface area (Å²) in [5.74, 6) is 0.290. The van der Waals surface area contributed by atoms with E-state index in [1.165, 1.54) is 11.8 Å². The standard InChI is InChI=1S/C22H22N4O2S/c27-21(26-12-3-4-13-26)15-29-20-9-2-1-8-18(20)22(28)24-17-7-5-6-16(14-17)19-10-11-23-25-19/h1-2,5-11,14H,3-4,12-13,15H2,(H,23,25)(H,24,28). The molecule has 0 saturated carbocycles. The van der Waals surface area contributed by atoms with Gasteiger partial charge in [-0.15, -0.1) is 11.8 Å². The van der Waals surface area contributed by atoms with Gasteiger partial charge in [0.15, 0.2) is 0 Å². The average molecular weight is 407 g/mol. The minimum Gasteiger partial charge on any atom is -0.342 e. The quantitative estimate of drug-likeness (QED) is 0.606. The van der Waals surface area contributed by atoms with Gasteiger partial charge in [-0.1, -0.05) is 24.3 Å². The van der Waals surface area contributed by atoms with Crippen molar-refractivity contribution < 1.29 is 9.59 Å². The van der Waals surface area contributed by atoms with E-state index in [4.69, 9.17) is 0 Å². The largest absolute Gasteiger partial charge is 0.342 e. The van der Waals surface area contributed by atoms with Crippen LogP contribution in [0.2, 0.25) is 0 Å². The van der Waals surface area contributed by atoms with Crippen LogP contribution >= 0.6 is 11.8 Å². The number of aromatic amines is 1. The molecular weight excluding hydrogens is 384 g/mol. The summed E-state index contributed by atoms with van der Waals surface area (Å²) < 4.78 is 0. The molecule has 2 N–H and O–H groups in total. The number of nitrogens with one attached hydrogen (secondary N) is 2. The molecule has 1 saturated heterocycles. The molecule has 4 rings (SSSR count). The van der Waals surface area contributed by atoms with E-state index in [-0.39, 0.29) is 11.8 Å². The topological polar surface area (TPSA) is 78.1 Å². The lowest BCUT2D eigenvalue weighted by molar-refractivity contribution is -0.127. The minimum absolute atomic E-state index is 0.134. The zero-order chi connectivity index (χ0) is 20.1. The second-order valence-electron chi connectivity index (χ2n) is 6.88. The first-order chi connectivity index (χ1) is 14.2. The Balaban J connectivity index is 1.45. The third-order valence-electron chi connectivity index (χ3n) is 4.87. The highest BCUT2D eigenvalue weighted by Gasteiger charge is 2.19. The number of H-pyrrole nitrogens is 1. The van der Waals surface area contributed by atoms with Gasteiger partial charge in [-0.2, -0.15) is 5.10 Å². The van der Waals surface area contributed by atoms with Gasteiger partial charge in [0.1, 0.15) is 0 Å². The minimum atomic E-state index is -0.191. The summed E-state index contributed by atoms with van der Waals surface area (Å²) in [6.07, 6.45) is 3.84. The molecule has 1 aliphatic heterocycles. The van der Waals surface area contributed by atoms with Gasteiger partial charge in [0.05, 0.1) is 17.0 Å². The Morgan fingerprint density at radius 3 is 2.69 bits per heavy atom. The molecule has 0 atom stereocenters. The molecule has 0 bridgehead atoms. The third kappa shape index (κ3) is 4.68. The first-order valence-electron chi connectivity index (χ1n) is 9.61. The van der Waals surface area contributed by atoms with Crippen LogP contribution in [-0.4, -0.2) is 45.8 Å². The van der Waals surface area contributed by atoms with Crippen LogP contribution in [-0.2, 0) is 4.79 Å². The summed E-state index contributed by atoms with van der Waals surface area (Å²) in [5.41, 5.74) is 3.10. The fourth-order valence-electron chi connectivity index (χ4n) is 3.36. The summed E-state index contributed by atoms with van der Waals surface area (Å²) >= 11 is 1.42. The number of carbonyl (C=O) groups excluding carboxylic acids is 2. The van der Waals surface area contributed by atoms with E-state index in [1.807, 2.05) is 53.4 Å². The molecule has 0 unspecified atom stereocenters. The van der Waals surface area contributed by atoms with Crippen LogP contribution < -0.4 is 5.32 Å². The number of hydrogen-bond acceptors (Lipinski definition) is 4. The highest BCUT2D eigenvalue weighted by Crippen LogP contribution is 2.26. The highest BCUT2D eigenvalue weighted by molar-refractivity contribution is 8.00. The Morgan fingerprint density at radius 2 is 1.90 bits per heavy atom. The van der Waals surface area contributed by atoms with Crippen LogP contribution in [0.5, 0.6) is 0 Å². The Labute approximate surface area is 173 Å². The summed E-state index contributed by atoms with van der Waals surface area (Å²) in [4.78, 5) is 27.9. The van der Waals surface area contributed by atoms with Gasteiger partial charge in [-0.05, 0) is 43.2 Å². The summed E-state index contributed by atoms with van der Waals surface area (Å²) in [7, 11) is 0. The maximum absolute atomic E-state index is 12.9. The molecular formula is C22H22N4O2S. The van der Waals surface area contributed by atoms with E-state index < -0.39 is 0 Å². The number of likely N-dealkylation sites (tertiary alicyclic amines) is 1. The summed E-state index contributed by atoms with van der Waals surface area (Å²) in [5, 5.41) is 9.85. The van der Waals surface area contributed by atoms with E-state index in [9.17, 15) is 9.59 Å². The van der Waals surface area contributed by atoms with Crippen molar-refractivity contribution >= 4 is 29.3 Å². The zero-order valence-corrected chi connectivity index (χ0v) is 16.7. The predicted octanol–water partition coefficient (Wildman–Crippen LogP) is 4.04. The number of benzene rings is 2. The highest BCUT2D eigenvalue weighted by atomic mass is 32.2. The number of carbonyl (C=O) groups is 2. The van der Waals surface area contributed by atoms with E-state index in [2.05, 4.69) is 15.5 Å². The number of rotatable bonds is 6. The van der Waals surface area contributed by atoms with Crippen molar-refractivity contribution in [3.05, 3.63) is 66.4 Å². The molecule has 3 aromatic rings. The number of thioether (sulfide) groups is 1. The van der Waals surface area contributed by atoms with Gasteiger partial charge in [0.2, 0.25) is 5.91 Å². The van der Waals surface area contributed by atoms with E-state index in [0.717, 1.165) is 42.1 Å². The summed E-state index contributed by atoms with van der Waals surface area (Å²) in [6.45, 7) is 1.68. The molecule has 0 spiro atoms. The van der Waals surface area contributed by atoms with Crippen LogP contribution in [0.3, 0.4) is 0 Å². The first-order valence-corrected chi connectivity index (χ1v) is 10.6. The van der Waals surface area contributed by atoms with Crippen molar-refractivity contribution in [2.24, 2.45) is 0 Å². The normalized spacial score (nSPS) is 13.4. The number of aromatic nitrogens is 2. The number of nitrogens with zero attached hydrogens (tertiary/aromatic N) is 2. The molecule has 2 amide bonds. The third-order valence-corrected chi connectivity index (χ3v) is 5.93. The molecule has 29 heavy (non-hydrogen) atoms. The molecule has 0 aliphatic carbocycles. The van der Waals surface area contributed by atoms with Gasteiger partial charge < -0.3 is 10.2 Å². The van der Waals surface area contributed by atoms with Crippen LogP contribution in [0.4, 0.5) is 5.69 Å². The maximum atomic E-state index is 12.9. The predicted molar refractivity (Wildman–Crippen MR) is 115 cm³/mol. The van der Waals surface area contributed by atoms with Crippen molar-refractivity contribution in [1.29, 1.82) is 0 Å². The Hall–Kier alpha value is -3.06. The van der Waals surface area contributed by atoms with Crippen molar-refractivity contribution in [3.8, 4) is 11.3 Å². The molecule has 7 heteroatoms. The van der Waals surface area contributed by atoms with Crippen LogP contribution in [0, 0.1) is 0 Å². The Morgan fingerprint density at radius 1 is 1.07 bits per heavy atom. The summed E-state index contributed by atoms with van der Waals surface area (Å²) in [6, 6.07) is 16.9. The Bertz CT molecular complexity index is 998. The number of anilines is 1. The van der Waals surface area contributed by atoms with Crippen molar-refractivity contribution in [1.82, 2.24) is 15.1 Å². The van der Waals surface area contributed by atoms with Crippen LogP contribution in [0.25, 0.3) is 11.3 Å². The molecule has 6 nitrogen and oxygen atoms in total. The van der Waals surface area contributed by atoms with Crippen molar-refractivity contribution in [2.75, 3.05) is 24.2 Å². The smallest absolute Gasteiger partial charge is 0.256 e. The SMILES string of the molecule is O=C(Nc1cccc(-c2ccn[nH]2)c1)c1ccccc1SCC(=O)N1CCCC1. The lowest BCUT2D eigenvalue weighted by Crippen LogP contribution is -2.29.